The van der Waals surface area contributed by atoms with Gasteiger partial charge in [0.2, 0.25) is 0 Å². The van der Waals surface area contributed by atoms with Gasteiger partial charge < -0.3 is 10.4 Å². The normalized spacial score (nSPS) is 19.2. The molecule has 2 nitrogen and oxygen atoms in total. The number of nitrogens with one attached hydrogen (secondary N) is 1. The largest absolute Gasteiger partial charge is 0.396 e. The molecule has 0 aliphatic heterocycles. The van der Waals surface area contributed by atoms with E-state index in [1.807, 2.05) is 6.07 Å². The number of aliphatic hydroxyl groups is 1. The third-order valence-electron chi connectivity index (χ3n) is 2.92. The van der Waals surface area contributed by atoms with Crippen LogP contribution in [0.3, 0.4) is 0 Å². The Morgan fingerprint density at radius 1 is 1.57 bits per heavy atom. The van der Waals surface area contributed by atoms with E-state index in [1.54, 1.807) is 11.3 Å². The predicted molar refractivity (Wildman–Crippen MR) is 59.8 cm³/mol. The molecule has 14 heavy (non-hydrogen) atoms. The van der Waals surface area contributed by atoms with Gasteiger partial charge in [-0.05, 0) is 24.3 Å². The van der Waals surface area contributed by atoms with Crippen LogP contribution in [0.2, 0.25) is 0 Å². The van der Waals surface area contributed by atoms with Gasteiger partial charge in [-0.2, -0.15) is 0 Å². The van der Waals surface area contributed by atoms with E-state index in [0.717, 1.165) is 6.54 Å². The molecule has 3 heteroatoms. The van der Waals surface area contributed by atoms with E-state index < -0.39 is 0 Å². The first-order valence-electron chi connectivity index (χ1n) is 5.28. The van der Waals surface area contributed by atoms with E-state index in [4.69, 9.17) is 0 Å². The Balaban J connectivity index is 1.80. The Bertz CT molecular complexity index is 256. The van der Waals surface area contributed by atoms with Crippen LogP contribution in [0.1, 0.15) is 30.1 Å². The highest BCUT2D eigenvalue weighted by atomic mass is 32.1. The lowest BCUT2D eigenvalue weighted by atomic mass is 9.92. The minimum Gasteiger partial charge on any atom is -0.396 e. The van der Waals surface area contributed by atoms with Crippen molar-refractivity contribution < 1.29 is 5.11 Å². The van der Waals surface area contributed by atoms with Gasteiger partial charge in [-0.25, -0.2) is 0 Å². The van der Waals surface area contributed by atoms with Crippen molar-refractivity contribution in [2.24, 2.45) is 0 Å². The molecule has 1 atom stereocenters. The van der Waals surface area contributed by atoms with Crippen LogP contribution in [0, 0.1) is 0 Å². The molecule has 78 valence electrons. The fourth-order valence-corrected chi connectivity index (χ4v) is 2.52. The van der Waals surface area contributed by atoms with Crippen LogP contribution >= 0.6 is 11.3 Å². The van der Waals surface area contributed by atoms with Crippen molar-refractivity contribution in [1.29, 1.82) is 0 Å². The number of hydrogen-bond acceptors (Lipinski definition) is 3. The average Bonchev–Trinajstić information content (AvgIpc) is 2.62. The molecular formula is C11H17NOS. The van der Waals surface area contributed by atoms with Crippen molar-refractivity contribution >= 4 is 11.3 Å². The highest BCUT2D eigenvalue weighted by Gasteiger charge is 2.19. The summed E-state index contributed by atoms with van der Waals surface area (Å²) in [7, 11) is 0. The van der Waals surface area contributed by atoms with Crippen molar-refractivity contribution in [1.82, 2.24) is 5.32 Å². The van der Waals surface area contributed by atoms with Crippen LogP contribution in [0.25, 0.3) is 0 Å². The first-order valence-corrected chi connectivity index (χ1v) is 6.15. The zero-order chi connectivity index (χ0) is 9.80. The van der Waals surface area contributed by atoms with Crippen molar-refractivity contribution in [2.75, 3.05) is 13.2 Å². The zero-order valence-corrected chi connectivity index (χ0v) is 9.09. The predicted octanol–water partition coefficient (Wildman–Crippen LogP) is 1.97. The molecule has 0 bridgehead atoms. The van der Waals surface area contributed by atoms with Crippen molar-refractivity contribution in [3.8, 4) is 0 Å². The summed E-state index contributed by atoms with van der Waals surface area (Å²) in [5.41, 5.74) is 0. The first kappa shape index (κ1) is 10.1. The summed E-state index contributed by atoms with van der Waals surface area (Å²) in [4.78, 5) is 1.29. The van der Waals surface area contributed by atoms with Gasteiger partial charge in [-0.3, -0.25) is 0 Å². The lowest BCUT2D eigenvalue weighted by molar-refractivity contribution is 0.249. The molecule has 1 unspecified atom stereocenters. The van der Waals surface area contributed by atoms with Crippen LogP contribution in [-0.4, -0.2) is 24.3 Å². The average molecular weight is 211 g/mol. The minimum absolute atomic E-state index is 0.250. The maximum absolute atomic E-state index is 9.27. The number of hydrogen-bond donors (Lipinski definition) is 2. The highest BCUT2D eigenvalue weighted by molar-refractivity contribution is 7.10. The molecular weight excluding hydrogens is 194 g/mol. The van der Waals surface area contributed by atoms with Gasteiger partial charge in [-0.1, -0.05) is 12.5 Å². The quantitative estimate of drug-likeness (QED) is 0.780. The lowest BCUT2D eigenvalue weighted by Gasteiger charge is -2.28. The van der Waals surface area contributed by atoms with E-state index in [1.165, 1.54) is 24.1 Å². The maximum Gasteiger partial charge on any atom is 0.0519 e. The fourth-order valence-electron chi connectivity index (χ4n) is 1.70. The summed E-state index contributed by atoms with van der Waals surface area (Å²) in [6.45, 7) is 1.17. The SMILES string of the molecule is OCC(CNC1CCC1)c1cccs1. The molecule has 1 saturated carbocycles. The Morgan fingerprint density at radius 3 is 2.93 bits per heavy atom. The van der Waals surface area contributed by atoms with Crippen molar-refractivity contribution in [3.05, 3.63) is 22.4 Å². The van der Waals surface area contributed by atoms with Gasteiger partial charge in [-0.15, -0.1) is 11.3 Å². The summed E-state index contributed by atoms with van der Waals surface area (Å²) < 4.78 is 0. The van der Waals surface area contributed by atoms with E-state index in [0.29, 0.717) is 6.04 Å². The second-order valence-corrected chi connectivity index (χ2v) is 4.91. The Morgan fingerprint density at radius 2 is 2.43 bits per heavy atom. The third-order valence-corrected chi connectivity index (χ3v) is 3.96. The van der Waals surface area contributed by atoms with Gasteiger partial charge >= 0.3 is 0 Å². The van der Waals surface area contributed by atoms with Crippen LogP contribution in [-0.2, 0) is 0 Å². The molecule has 0 amide bonds. The van der Waals surface area contributed by atoms with Crippen LogP contribution in [0.5, 0.6) is 0 Å². The molecule has 0 aromatic carbocycles. The Labute approximate surface area is 89.0 Å². The fraction of sp³-hybridized carbons (Fsp3) is 0.636. The topological polar surface area (TPSA) is 32.3 Å². The second-order valence-electron chi connectivity index (χ2n) is 3.93. The van der Waals surface area contributed by atoms with E-state index >= 15 is 0 Å². The van der Waals surface area contributed by atoms with Crippen LogP contribution in [0.15, 0.2) is 17.5 Å². The smallest absolute Gasteiger partial charge is 0.0519 e. The van der Waals surface area contributed by atoms with Gasteiger partial charge in [0.25, 0.3) is 0 Å². The molecule has 2 N–H and O–H groups in total. The summed E-state index contributed by atoms with van der Waals surface area (Å²) in [5, 5.41) is 14.8. The van der Waals surface area contributed by atoms with E-state index in [9.17, 15) is 5.11 Å². The third kappa shape index (κ3) is 2.35. The van der Waals surface area contributed by atoms with Gasteiger partial charge in [0, 0.05) is 23.4 Å². The second kappa shape index (κ2) is 4.91. The monoisotopic (exact) mass is 211 g/mol. The molecule has 0 radical (unpaired) electrons. The maximum atomic E-state index is 9.27. The molecule has 1 fully saturated rings. The standard InChI is InChI=1S/C11H17NOS/c13-8-9(11-5-2-6-14-11)7-12-10-3-1-4-10/h2,5-6,9-10,12-13H,1,3-4,7-8H2. The molecule has 0 spiro atoms. The van der Waals surface area contributed by atoms with Crippen molar-refractivity contribution in [3.63, 3.8) is 0 Å². The summed E-state index contributed by atoms with van der Waals surface area (Å²) in [6.07, 6.45) is 3.98. The number of thiophene rings is 1. The van der Waals surface area contributed by atoms with E-state index in [-0.39, 0.29) is 12.5 Å². The summed E-state index contributed by atoms with van der Waals surface area (Å²) >= 11 is 1.73. The van der Waals surface area contributed by atoms with Gasteiger partial charge in [0.15, 0.2) is 0 Å². The molecule has 1 aliphatic rings. The van der Waals surface area contributed by atoms with Gasteiger partial charge in [0.1, 0.15) is 0 Å². The van der Waals surface area contributed by atoms with E-state index in [2.05, 4.69) is 16.8 Å². The zero-order valence-electron chi connectivity index (χ0n) is 8.28. The number of aliphatic hydroxyl groups excluding tert-OH is 1. The molecule has 1 heterocycles. The Kier molecular flexibility index (Phi) is 3.56. The van der Waals surface area contributed by atoms with Crippen LogP contribution < -0.4 is 5.32 Å². The molecule has 1 aromatic heterocycles. The minimum atomic E-state index is 0.250. The Hall–Kier alpha value is -0.380. The van der Waals surface area contributed by atoms with Crippen molar-refractivity contribution in [2.45, 2.75) is 31.2 Å². The summed E-state index contributed by atoms with van der Waals surface area (Å²) in [6, 6.07) is 4.86. The number of rotatable bonds is 5. The molecule has 1 aliphatic carbocycles. The molecule has 0 saturated heterocycles. The molecule has 2 rings (SSSR count). The first-order chi connectivity index (χ1) is 6.90. The summed E-state index contributed by atoms with van der Waals surface area (Å²) in [5.74, 6) is 0.288. The van der Waals surface area contributed by atoms with Crippen LogP contribution in [0.4, 0.5) is 0 Å². The molecule has 1 aromatic rings. The lowest BCUT2D eigenvalue weighted by Crippen LogP contribution is -2.38. The highest BCUT2D eigenvalue weighted by Crippen LogP contribution is 2.22. The van der Waals surface area contributed by atoms with Gasteiger partial charge in [0.05, 0.1) is 6.61 Å².